The van der Waals surface area contributed by atoms with E-state index in [2.05, 4.69) is 24.4 Å². The fourth-order valence-corrected chi connectivity index (χ4v) is 2.63. The first-order valence-corrected chi connectivity index (χ1v) is 5.75. The average molecular weight is 207 g/mol. The van der Waals surface area contributed by atoms with E-state index in [0.717, 1.165) is 25.7 Å². The van der Waals surface area contributed by atoms with Crippen LogP contribution >= 0.6 is 0 Å². The van der Waals surface area contributed by atoms with Gasteiger partial charge in [-0.1, -0.05) is 31.9 Å². The number of carbonyl (C=O) groups excluding carboxylic acids is 2. The normalized spacial score (nSPS) is 34.1. The maximum absolute atomic E-state index is 11.6. The van der Waals surface area contributed by atoms with Crippen molar-refractivity contribution in [1.82, 2.24) is 5.32 Å². The van der Waals surface area contributed by atoms with Crippen molar-refractivity contribution in [3.05, 3.63) is 12.2 Å². The van der Waals surface area contributed by atoms with Gasteiger partial charge in [-0.25, -0.2) is 0 Å². The molecule has 1 saturated heterocycles. The maximum Gasteiger partial charge on any atom is 0.231 e. The lowest BCUT2D eigenvalue weighted by Gasteiger charge is -2.25. The van der Waals surface area contributed by atoms with Crippen molar-refractivity contribution in [2.75, 3.05) is 0 Å². The summed E-state index contributed by atoms with van der Waals surface area (Å²) in [5.74, 6) is -0.0418. The molecule has 2 aliphatic rings. The molecule has 0 bridgehead atoms. The summed E-state index contributed by atoms with van der Waals surface area (Å²) in [7, 11) is 0. The molecule has 82 valence electrons. The summed E-state index contributed by atoms with van der Waals surface area (Å²) < 4.78 is 0. The van der Waals surface area contributed by atoms with Crippen LogP contribution in [-0.4, -0.2) is 11.8 Å². The first-order valence-electron chi connectivity index (χ1n) is 5.75. The first-order chi connectivity index (χ1) is 7.24. The lowest BCUT2D eigenvalue weighted by atomic mass is 9.75. The number of hydrogen-bond donors (Lipinski definition) is 1. The van der Waals surface area contributed by atoms with E-state index in [0.29, 0.717) is 0 Å². The molecule has 1 fully saturated rings. The molecular formula is C12H17NO2. The molecule has 3 nitrogen and oxygen atoms in total. The zero-order valence-electron chi connectivity index (χ0n) is 9.03. The summed E-state index contributed by atoms with van der Waals surface area (Å²) in [4.78, 5) is 23.1. The predicted molar refractivity (Wildman–Crippen MR) is 56.9 cm³/mol. The zero-order chi connectivity index (χ0) is 10.8. The van der Waals surface area contributed by atoms with E-state index >= 15 is 0 Å². The second-order valence-electron chi connectivity index (χ2n) is 4.46. The highest BCUT2D eigenvalue weighted by molar-refractivity contribution is 6.05. The third-order valence-corrected chi connectivity index (χ3v) is 3.44. The average Bonchev–Trinajstić information content (AvgIpc) is 2.53. The zero-order valence-corrected chi connectivity index (χ0v) is 9.03. The Morgan fingerprint density at radius 3 is 2.93 bits per heavy atom. The van der Waals surface area contributed by atoms with Crippen LogP contribution in [0, 0.1) is 17.8 Å². The van der Waals surface area contributed by atoms with Crippen molar-refractivity contribution in [3.63, 3.8) is 0 Å². The summed E-state index contributed by atoms with van der Waals surface area (Å²) in [6.45, 7) is 2.14. The van der Waals surface area contributed by atoms with Crippen LogP contribution in [0.2, 0.25) is 0 Å². The van der Waals surface area contributed by atoms with Gasteiger partial charge >= 0.3 is 0 Å². The van der Waals surface area contributed by atoms with Gasteiger partial charge in [0, 0.05) is 0 Å². The summed E-state index contributed by atoms with van der Waals surface area (Å²) in [5.41, 5.74) is 0. The van der Waals surface area contributed by atoms with E-state index < -0.39 is 0 Å². The largest absolute Gasteiger partial charge is 0.296 e. The second kappa shape index (κ2) is 4.17. The summed E-state index contributed by atoms with van der Waals surface area (Å²) in [6, 6.07) is 0. The Hall–Kier alpha value is -1.12. The van der Waals surface area contributed by atoms with Gasteiger partial charge in [-0.15, -0.1) is 0 Å². The minimum absolute atomic E-state index is 0.0598. The van der Waals surface area contributed by atoms with Crippen LogP contribution in [0.25, 0.3) is 0 Å². The second-order valence-corrected chi connectivity index (χ2v) is 4.46. The number of unbranched alkanes of at least 4 members (excludes halogenated alkanes) is 1. The Morgan fingerprint density at radius 1 is 1.40 bits per heavy atom. The number of allylic oxidation sites excluding steroid dienone is 2. The van der Waals surface area contributed by atoms with Gasteiger partial charge in [0.15, 0.2) is 0 Å². The summed E-state index contributed by atoms with van der Waals surface area (Å²) in [5, 5.41) is 2.45. The van der Waals surface area contributed by atoms with Crippen molar-refractivity contribution < 1.29 is 9.59 Å². The standard InChI is InChI=1S/C12H17NO2/c1-2-3-5-8-6-4-7-9-10(8)12(15)13-11(9)14/h4,6,8-10H,2-3,5,7H2,1H3,(H,13,14,15). The molecule has 0 aromatic carbocycles. The number of imide groups is 1. The van der Waals surface area contributed by atoms with Gasteiger partial charge in [-0.05, 0) is 18.8 Å². The quantitative estimate of drug-likeness (QED) is 0.565. The summed E-state index contributed by atoms with van der Waals surface area (Å²) >= 11 is 0. The third-order valence-electron chi connectivity index (χ3n) is 3.44. The number of nitrogens with one attached hydrogen (secondary N) is 1. The van der Waals surface area contributed by atoms with Gasteiger partial charge in [-0.3, -0.25) is 14.9 Å². The van der Waals surface area contributed by atoms with Crippen molar-refractivity contribution in [2.24, 2.45) is 17.8 Å². The Morgan fingerprint density at radius 2 is 2.20 bits per heavy atom. The molecule has 1 aliphatic carbocycles. The van der Waals surface area contributed by atoms with Crippen LogP contribution in [0.3, 0.4) is 0 Å². The molecule has 0 aromatic rings. The molecule has 2 amide bonds. The lowest BCUT2D eigenvalue weighted by molar-refractivity contribution is -0.126. The Labute approximate surface area is 89.9 Å². The molecule has 1 N–H and O–H groups in total. The highest BCUT2D eigenvalue weighted by Crippen LogP contribution is 2.36. The third kappa shape index (κ3) is 1.83. The molecule has 3 unspecified atom stereocenters. The van der Waals surface area contributed by atoms with E-state index in [4.69, 9.17) is 0 Å². The van der Waals surface area contributed by atoms with Gasteiger partial charge < -0.3 is 0 Å². The summed E-state index contributed by atoms with van der Waals surface area (Å²) in [6.07, 6.45) is 8.19. The fraction of sp³-hybridized carbons (Fsp3) is 0.667. The minimum atomic E-state index is -0.0932. The van der Waals surface area contributed by atoms with Crippen LogP contribution in [-0.2, 0) is 9.59 Å². The SMILES string of the molecule is CCCCC1C=CCC2C(=O)NC(=O)C12. The van der Waals surface area contributed by atoms with E-state index in [-0.39, 0.29) is 29.6 Å². The molecule has 0 aromatic heterocycles. The van der Waals surface area contributed by atoms with Crippen molar-refractivity contribution in [1.29, 1.82) is 0 Å². The Kier molecular flexibility index (Phi) is 2.89. The lowest BCUT2D eigenvalue weighted by Crippen LogP contribution is -2.28. The number of carbonyl (C=O) groups is 2. The monoisotopic (exact) mass is 207 g/mol. The van der Waals surface area contributed by atoms with Crippen LogP contribution in [0.15, 0.2) is 12.2 Å². The predicted octanol–water partition coefficient (Wildman–Crippen LogP) is 1.64. The first kappa shape index (κ1) is 10.4. The molecule has 1 aliphatic heterocycles. The van der Waals surface area contributed by atoms with E-state index in [1.54, 1.807) is 0 Å². The molecule has 0 spiro atoms. The maximum atomic E-state index is 11.6. The minimum Gasteiger partial charge on any atom is -0.296 e. The molecule has 15 heavy (non-hydrogen) atoms. The highest BCUT2D eigenvalue weighted by Gasteiger charge is 2.45. The van der Waals surface area contributed by atoms with Gasteiger partial charge in [0.25, 0.3) is 0 Å². The topological polar surface area (TPSA) is 46.2 Å². The van der Waals surface area contributed by atoms with Crippen molar-refractivity contribution in [3.8, 4) is 0 Å². The smallest absolute Gasteiger partial charge is 0.231 e. The molecule has 1 heterocycles. The highest BCUT2D eigenvalue weighted by atomic mass is 16.2. The molecule has 0 radical (unpaired) electrons. The van der Waals surface area contributed by atoms with Crippen LogP contribution < -0.4 is 5.32 Å². The van der Waals surface area contributed by atoms with E-state index in [1.165, 1.54) is 0 Å². The molecule has 2 rings (SSSR count). The molecule has 3 heteroatoms. The Balaban J connectivity index is 2.12. The number of hydrogen-bond acceptors (Lipinski definition) is 2. The van der Waals surface area contributed by atoms with Gasteiger partial charge in [0.1, 0.15) is 0 Å². The number of fused-ring (bicyclic) bond motifs is 1. The van der Waals surface area contributed by atoms with Gasteiger partial charge in [0.2, 0.25) is 11.8 Å². The fourth-order valence-electron chi connectivity index (χ4n) is 2.63. The van der Waals surface area contributed by atoms with Crippen molar-refractivity contribution in [2.45, 2.75) is 32.6 Å². The molecule has 0 saturated carbocycles. The van der Waals surface area contributed by atoms with Crippen molar-refractivity contribution >= 4 is 11.8 Å². The van der Waals surface area contributed by atoms with Crippen LogP contribution in [0.4, 0.5) is 0 Å². The van der Waals surface area contributed by atoms with Gasteiger partial charge in [0.05, 0.1) is 11.8 Å². The molecular weight excluding hydrogens is 190 g/mol. The number of rotatable bonds is 3. The van der Waals surface area contributed by atoms with Gasteiger partial charge in [-0.2, -0.15) is 0 Å². The van der Waals surface area contributed by atoms with E-state index in [1.807, 2.05) is 0 Å². The Bertz CT molecular complexity index is 309. The van der Waals surface area contributed by atoms with Crippen LogP contribution in [0.5, 0.6) is 0 Å². The molecule has 3 atom stereocenters. The van der Waals surface area contributed by atoms with Crippen LogP contribution in [0.1, 0.15) is 32.6 Å². The number of amides is 2. The van der Waals surface area contributed by atoms with E-state index in [9.17, 15) is 9.59 Å².